The summed E-state index contributed by atoms with van der Waals surface area (Å²) < 4.78 is 21.3. The number of rotatable bonds is 7. The predicted molar refractivity (Wildman–Crippen MR) is 146 cm³/mol. The fraction of sp³-hybridized carbons (Fsp3) is 0.846. The first kappa shape index (κ1) is 27.7. The van der Waals surface area contributed by atoms with Crippen molar-refractivity contribution in [1.82, 2.24) is 25.6 Å². The number of carbonyl (C=O) groups is 2. The SMILES string of the molecule is NC(=O)C1NCC(N[C@H]2CCCC[C@H]2N)CC1NC1CC(C2COC3C(=O)C=C(N4CCOCC4)OC32)SN1. The van der Waals surface area contributed by atoms with Crippen LogP contribution in [0.25, 0.3) is 0 Å². The van der Waals surface area contributed by atoms with Crippen molar-refractivity contribution in [1.29, 1.82) is 0 Å². The zero-order valence-electron chi connectivity index (χ0n) is 22.4. The van der Waals surface area contributed by atoms with Crippen LogP contribution in [0.4, 0.5) is 0 Å². The van der Waals surface area contributed by atoms with Crippen LogP contribution in [-0.2, 0) is 23.8 Å². The Hall–Kier alpha value is -1.45. The molecule has 10 atom stereocenters. The van der Waals surface area contributed by atoms with Gasteiger partial charge in [-0.2, -0.15) is 0 Å². The third kappa shape index (κ3) is 6.10. The van der Waals surface area contributed by atoms with Crippen molar-refractivity contribution in [3.8, 4) is 0 Å². The van der Waals surface area contributed by atoms with Crippen LogP contribution in [-0.4, -0.2) is 110 Å². The van der Waals surface area contributed by atoms with Crippen LogP contribution in [0.5, 0.6) is 0 Å². The van der Waals surface area contributed by atoms with Gasteiger partial charge in [0.05, 0.1) is 26.0 Å². The Balaban J connectivity index is 1.06. The van der Waals surface area contributed by atoms with Gasteiger partial charge in [0.25, 0.3) is 0 Å². The molecule has 0 aromatic heterocycles. The van der Waals surface area contributed by atoms with E-state index in [0.29, 0.717) is 51.4 Å². The second kappa shape index (κ2) is 12.2. The highest BCUT2D eigenvalue weighted by Gasteiger charge is 2.51. The molecule has 39 heavy (non-hydrogen) atoms. The van der Waals surface area contributed by atoms with E-state index in [1.807, 2.05) is 0 Å². The lowest BCUT2D eigenvalue weighted by Crippen LogP contribution is -2.66. The quantitative estimate of drug-likeness (QED) is 0.199. The lowest BCUT2D eigenvalue weighted by atomic mass is 9.88. The molecule has 1 amide bonds. The standard InChI is InChI=1S/C26H43N7O5S/c27-16-3-1-2-4-17(16)30-14-9-18(23(26(28)35)29-12-14)31-21-11-20(39-32-21)15-13-37-25-19(34)10-22(38-24(15)25)33-5-7-36-8-6-33/h10,14-18,20-21,23-25,29-32H,1-9,11-13,27H2,(H2,28,35)/t14?,15?,16-,17+,18?,20?,21?,23?,24?,25?/m1/s1. The molecule has 5 heterocycles. The molecule has 5 aliphatic heterocycles. The van der Waals surface area contributed by atoms with Crippen molar-refractivity contribution in [2.45, 2.75) is 92.4 Å². The van der Waals surface area contributed by atoms with Crippen molar-refractivity contribution >= 4 is 23.6 Å². The van der Waals surface area contributed by atoms with Crippen LogP contribution in [0, 0.1) is 5.92 Å². The average molecular weight is 566 g/mol. The van der Waals surface area contributed by atoms with Gasteiger partial charge in [0.2, 0.25) is 5.91 Å². The number of nitrogens with one attached hydrogen (secondary N) is 4. The second-order valence-corrected chi connectivity index (χ2v) is 12.8. The first-order chi connectivity index (χ1) is 19.0. The number of hydrogen-bond acceptors (Lipinski definition) is 12. The third-order valence-electron chi connectivity index (χ3n) is 9.14. The second-order valence-electron chi connectivity index (χ2n) is 11.8. The van der Waals surface area contributed by atoms with Gasteiger partial charge in [0, 0.05) is 61.0 Å². The fourth-order valence-corrected chi connectivity index (χ4v) is 8.19. The highest BCUT2D eigenvalue weighted by Crippen LogP contribution is 2.40. The lowest BCUT2D eigenvalue weighted by molar-refractivity contribution is -0.133. The molecular weight excluding hydrogens is 522 g/mol. The van der Waals surface area contributed by atoms with E-state index in [1.54, 1.807) is 18.0 Å². The molecule has 0 bridgehead atoms. The summed E-state index contributed by atoms with van der Waals surface area (Å²) >= 11 is 1.66. The number of hydrogen-bond donors (Lipinski definition) is 6. The normalized spacial score (nSPS) is 43.1. The molecule has 8 N–H and O–H groups in total. The third-order valence-corrected chi connectivity index (χ3v) is 10.4. The van der Waals surface area contributed by atoms with Crippen LogP contribution >= 0.6 is 11.9 Å². The Morgan fingerprint density at radius 2 is 1.95 bits per heavy atom. The first-order valence-corrected chi connectivity index (χ1v) is 15.4. The monoisotopic (exact) mass is 565 g/mol. The molecule has 218 valence electrons. The Labute approximate surface area is 234 Å². The minimum atomic E-state index is -0.549. The summed E-state index contributed by atoms with van der Waals surface area (Å²) in [7, 11) is 0. The number of amides is 1. The summed E-state index contributed by atoms with van der Waals surface area (Å²) in [5.74, 6) is 0.354. The number of morpholine rings is 1. The number of piperidine rings is 1. The Morgan fingerprint density at radius 3 is 2.74 bits per heavy atom. The largest absolute Gasteiger partial charge is 0.472 e. The number of ether oxygens (including phenoxy) is 3. The molecule has 0 aromatic carbocycles. The number of primary amides is 1. The molecule has 6 rings (SSSR count). The number of fused-ring (bicyclic) bond motifs is 1. The smallest absolute Gasteiger partial charge is 0.236 e. The number of nitrogens with two attached hydrogens (primary N) is 2. The predicted octanol–water partition coefficient (Wildman–Crippen LogP) is -1.49. The van der Waals surface area contributed by atoms with Crippen molar-refractivity contribution in [3.05, 3.63) is 12.0 Å². The van der Waals surface area contributed by atoms with Gasteiger partial charge < -0.3 is 41.2 Å². The lowest BCUT2D eigenvalue weighted by Gasteiger charge is -2.41. The van der Waals surface area contributed by atoms with Crippen LogP contribution in [0.1, 0.15) is 38.5 Å². The van der Waals surface area contributed by atoms with E-state index >= 15 is 0 Å². The Kier molecular flexibility index (Phi) is 8.66. The molecule has 6 aliphatic rings. The van der Waals surface area contributed by atoms with Gasteiger partial charge >= 0.3 is 0 Å². The van der Waals surface area contributed by atoms with E-state index in [-0.39, 0.29) is 53.3 Å². The molecule has 12 nitrogen and oxygen atoms in total. The summed E-state index contributed by atoms with van der Waals surface area (Å²) in [5.41, 5.74) is 12.2. The van der Waals surface area contributed by atoms with Gasteiger partial charge in [0.1, 0.15) is 12.1 Å². The molecule has 0 radical (unpaired) electrons. The molecule has 5 fully saturated rings. The minimum absolute atomic E-state index is 0.00284. The minimum Gasteiger partial charge on any atom is -0.472 e. The highest BCUT2D eigenvalue weighted by molar-refractivity contribution is 7.98. The van der Waals surface area contributed by atoms with Gasteiger partial charge in [-0.25, -0.2) is 4.72 Å². The van der Waals surface area contributed by atoms with Crippen LogP contribution in [0.15, 0.2) is 12.0 Å². The van der Waals surface area contributed by atoms with Crippen molar-refractivity contribution in [2.75, 3.05) is 39.5 Å². The van der Waals surface area contributed by atoms with E-state index in [0.717, 1.165) is 25.7 Å². The van der Waals surface area contributed by atoms with E-state index in [4.69, 9.17) is 25.7 Å². The molecule has 4 saturated heterocycles. The molecule has 0 aromatic rings. The molecule has 1 saturated carbocycles. The van der Waals surface area contributed by atoms with Crippen molar-refractivity contribution < 1.29 is 23.8 Å². The van der Waals surface area contributed by atoms with Gasteiger partial charge in [-0.05, 0) is 25.7 Å². The van der Waals surface area contributed by atoms with Gasteiger partial charge in [0.15, 0.2) is 17.8 Å². The van der Waals surface area contributed by atoms with Crippen molar-refractivity contribution in [2.24, 2.45) is 17.4 Å². The van der Waals surface area contributed by atoms with Crippen molar-refractivity contribution in [3.63, 3.8) is 0 Å². The first-order valence-electron chi connectivity index (χ1n) is 14.5. The topological polar surface area (TPSA) is 165 Å². The fourth-order valence-electron chi connectivity index (χ4n) is 6.99. The maximum absolute atomic E-state index is 12.9. The number of carbonyl (C=O) groups excluding carboxylic acids is 2. The number of ketones is 1. The molecule has 8 unspecified atom stereocenters. The number of nitrogens with zero attached hydrogens (tertiary/aromatic N) is 1. The van der Waals surface area contributed by atoms with E-state index in [2.05, 4.69) is 25.6 Å². The molecule has 0 spiro atoms. The zero-order valence-corrected chi connectivity index (χ0v) is 23.2. The van der Waals surface area contributed by atoms with Gasteiger partial charge in [-0.15, -0.1) is 0 Å². The maximum Gasteiger partial charge on any atom is 0.236 e. The van der Waals surface area contributed by atoms with Gasteiger partial charge in [-0.1, -0.05) is 24.8 Å². The van der Waals surface area contributed by atoms with E-state index in [1.165, 1.54) is 12.8 Å². The average Bonchev–Trinajstić information content (AvgIpc) is 3.58. The Morgan fingerprint density at radius 1 is 1.13 bits per heavy atom. The summed E-state index contributed by atoms with van der Waals surface area (Å²) in [4.78, 5) is 27.2. The molecular formula is C26H43N7O5S. The molecule has 1 aliphatic carbocycles. The maximum atomic E-state index is 12.9. The van der Waals surface area contributed by atoms with Crippen LogP contribution in [0.3, 0.4) is 0 Å². The summed E-state index contributed by atoms with van der Waals surface area (Å²) in [6, 6.07) is 0.159. The summed E-state index contributed by atoms with van der Waals surface area (Å²) in [5, 5.41) is 11.0. The zero-order chi connectivity index (χ0) is 26.9. The van der Waals surface area contributed by atoms with E-state index in [9.17, 15) is 9.59 Å². The highest BCUT2D eigenvalue weighted by atomic mass is 32.2. The van der Waals surface area contributed by atoms with Gasteiger partial charge in [-0.3, -0.25) is 14.9 Å². The summed E-state index contributed by atoms with van der Waals surface area (Å²) in [6.45, 7) is 3.87. The molecule has 13 heteroatoms. The van der Waals surface area contributed by atoms with Crippen LogP contribution < -0.4 is 32.1 Å². The van der Waals surface area contributed by atoms with Crippen LogP contribution in [0.2, 0.25) is 0 Å². The van der Waals surface area contributed by atoms with E-state index < -0.39 is 12.1 Å². The Bertz CT molecular complexity index is 936. The summed E-state index contributed by atoms with van der Waals surface area (Å²) in [6.07, 6.45) is 6.89.